The number of nitrogens with one attached hydrogen (secondary N) is 3. The van der Waals surface area contributed by atoms with E-state index in [1.54, 1.807) is 49.8 Å². The highest BCUT2D eigenvalue weighted by atomic mass is 32.1. The number of esters is 4. The van der Waals surface area contributed by atoms with Crippen molar-refractivity contribution in [2.45, 2.75) is 77.9 Å². The highest BCUT2D eigenvalue weighted by Gasteiger charge is 2.28. The molecule has 0 spiro atoms. The number of rotatable bonds is 22. The third kappa shape index (κ3) is 15.8. The molecule has 3 atom stereocenters. The maximum atomic E-state index is 13.5. The first-order valence-electron chi connectivity index (χ1n) is 20.7. The lowest BCUT2D eigenvalue weighted by Crippen LogP contribution is -2.44. The van der Waals surface area contributed by atoms with Crippen LogP contribution in [0.4, 0.5) is 16.3 Å². The third-order valence-corrected chi connectivity index (χ3v) is 9.99. The van der Waals surface area contributed by atoms with Crippen LogP contribution in [-0.2, 0) is 49.4 Å². The fourth-order valence-electron chi connectivity index (χ4n) is 6.01. The number of carbonyl (C=O) groups is 5. The minimum atomic E-state index is -1.40. The lowest BCUT2D eigenvalue weighted by atomic mass is 10.1. The molecule has 1 saturated heterocycles. The maximum absolute atomic E-state index is 13.5. The fraction of sp³-hybridized carbons (Fsp3) is 0.488. The van der Waals surface area contributed by atoms with Gasteiger partial charge in [-0.2, -0.15) is 9.47 Å². The minimum absolute atomic E-state index is 0.0149. The molecule has 1 aliphatic rings. The zero-order valence-corrected chi connectivity index (χ0v) is 37.6. The van der Waals surface area contributed by atoms with Gasteiger partial charge >= 0.3 is 29.9 Å². The lowest BCUT2D eigenvalue weighted by Gasteiger charge is -2.27. The van der Waals surface area contributed by atoms with Crippen LogP contribution in [0.5, 0.6) is 11.6 Å². The van der Waals surface area contributed by atoms with E-state index in [4.69, 9.17) is 33.2 Å². The molecule has 2 amide bonds. The smallest absolute Gasteiger partial charge is 0.347 e. The summed E-state index contributed by atoms with van der Waals surface area (Å²) in [6.07, 6.45) is -0.777. The van der Waals surface area contributed by atoms with Crippen LogP contribution in [0.15, 0.2) is 60.9 Å². The number of hydrogen-bond acceptors (Lipinski definition) is 18. The average molecular weight is 909 g/mol. The fourth-order valence-corrected chi connectivity index (χ4v) is 6.53. The molecule has 1 fully saturated rings. The Labute approximate surface area is 375 Å². The van der Waals surface area contributed by atoms with Crippen LogP contribution in [0.2, 0.25) is 0 Å². The number of methoxy groups -OCH3 is 1. The molecule has 1 aliphatic heterocycles. The molecule has 21 heteroatoms. The van der Waals surface area contributed by atoms with Crippen molar-refractivity contribution in [3.8, 4) is 22.8 Å². The van der Waals surface area contributed by atoms with Crippen molar-refractivity contribution in [3.63, 3.8) is 0 Å². The number of nitrogens with zero attached hydrogens (tertiary/aromatic N) is 5. The zero-order valence-electron chi connectivity index (χ0n) is 36.8. The van der Waals surface area contributed by atoms with Crippen molar-refractivity contribution >= 4 is 53.1 Å². The largest absolute Gasteiger partial charge is 0.497 e. The standard InChI is InChI=1S/C43H56N8O12S/c1-28(40(54)59-21-18-51(26-30-8-7-9-34(22-30)57-6)42(56)47-33-12-10-31(11-13-33)32-23-45-46-24-32)62-41(55)29(2)61-36(52)14-15-37(53)63-35(25-44-43(3,4)5)27-60-39-38(48-64-49-39)50-16-19-58-20-17-50/h7-13,22-24,28-29,35,44H,14-21,25-27H2,1-6H3,(H,45,46)(H,47,56)/t28-,29-,35-/m0/s1. The minimum Gasteiger partial charge on any atom is -0.497 e. The number of H-pyrrole nitrogens is 1. The molecule has 5 rings (SSSR count). The summed E-state index contributed by atoms with van der Waals surface area (Å²) in [7, 11) is 1.54. The van der Waals surface area contributed by atoms with E-state index in [9.17, 15) is 24.0 Å². The van der Waals surface area contributed by atoms with Crippen molar-refractivity contribution in [1.82, 2.24) is 29.2 Å². The van der Waals surface area contributed by atoms with Crippen molar-refractivity contribution in [2.24, 2.45) is 0 Å². The van der Waals surface area contributed by atoms with Crippen molar-refractivity contribution < 1.29 is 57.1 Å². The van der Waals surface area contributed by atoms with E-state index in [2.05, 4.69) is 29.6 Å². The van der Waals surface area contributed by atoms with Gasteiger partial charge in [0.2, 0.25) is 5.82 Å². The number of morpholine rings is 1. The first-order chi connectivity index (χ1) is 30.7. The number of hydrogen-bond donors (Lipinski definition) is 3. The van der Waals surface area contributed by atoms with Gasteiger partial charge in [-0.05, 0) is 70.0 Å². The molecule has 0 unspecified atom stereocenters. The number of amides is 2. The molecule has 346 valence electrons. The summed E-state index contributed by atoms with van der Waals surface area (Å²) in [5, 5.41) is 12.9. The number of urea groups is 1. The van der Waals surface area contributed by atoms with Crippen LogP contribution >= 0.6 is 11.7 Å². The number of carbonyl (C=O) groups excluding carboxylic acids is 5. The predicted octanol–water partition coefficient (Wildman–Crippen LogP) is 4.37. The van der Waals surface area contributed by atoms with Gasteiger partial charge in [-0.1, -0.05) is 24.3 Å². The summed E-state index contributed by atoms with van der Waals surface area (Å²) in [5.74, 6) is -1.89. The van der Waals surface area contributed by atoms with E-state index in [1.165, 1.54) is 18.7 Å². The normalized spacial score (nSPS) is 14.1. The Morgan fingerprint density at radius 2 is 1.64 bits per heavy atom. The van der Waals surface area contributed by atoms with E-state index >= 15 is 0 Å². The molecule has 0 saturated carbocycles. The van der Waals surface area contributed by atoms with Crippen LogP contribution in [0.3, 0.4) is 0 Å². The summed E-state index contributed by atoms with van der Waals surface area (Å²) in [6.45, 7) is 11.0. The Hall–Kier alpha value is -6.32. The van der Waals surface area contributed by atoms with Crippen molar-refractivity contribution in [3.05, 3.63) is 66.5 Å². The van der Waals surface area contributed by atoms with Gasteiger partial charge in [0.25, 0.3) is 5.88 Å². The molecule has 3 heterocycles. The number of aromatic nitrogens is 4. The summed E-state index contributed by atoms with van der Waals surface area (Å²) in [6, 6.07) is 14.0. The Morgan fingerprint density at radius 1 is 0.922 bits per heavy atom. The quantitative estimate of drug-likeness (QED) is 0.0733. The number of ether oxygens (including phenoxy) is 7. The third-order valence-electron chi connectivity index (χ3n) is 9.48. The Bertz CT molecular complexity index is 2120. The second kappa shape index (κ2) is 23.9. The molecule has 0 radical (unpaired) electrons. The van der Waals surface area contributed by atoms with Gasteiger partial charge in [-0.15, -0.1) is 4.37 Å². The van der Waals surface area contributed by atoms with E-state index in [0.29, 0.717) is 49.4 Å². The van der Waals surface area contributed by atoms with Crippen LogP contribution in [0.25, 0.3) is 11.1 Å². The van der Waals surface area contributed by atoms with Gasteiger partial charge in [-0.25, -0.2) is 14.4 Å². The first kappa shape index (κ1) is 48.7. The highest BCUT2D eigenvalue weighted by molar-refractivity contribution is 6.99. The monoisotopic (exact) mass is 908 g/mol. The molecule has 2 aromatic carbocycles. The summed E-state index contributed by atoms with van der Waals surface area (Å²) in [4.78, 5) is 68.2. The van der Waals surface area contributed by atoms with Crippen LogP contribution in [0, 0.1) is 0 Å². The van der Waals surface area contributed by atoms with Crippen LogP contribution < -0.4 is 25.0 Å². The molecular weight excluding hydrogens is 853 g/mol. The SMILES string of the molecule is COc1cccc(CN(CCOC(=O)[C@H](C)OC(=O)[C@H](C)OC(=O)CCC(=O)O[C@@H](CNC(C)(C)C)COc2nsnc2N2CCOCC2)C(=O)Nc2ccc(-c3cn[nH]c3)cc2)c1. The lowest BCUT2D eigenvalue weighted by molar-refractivity contribution is -0.177. The van der Waals surface area contributed by atoms with Crippen LogP contribution in [0.1, 0.15) is 53.0 Å². The van der Waals surface area contributed by atoms with E-state index in [-0.39, 0.29) is 51.2 Å². The molecule has 4 aromatic rings. The van der Waals surface area contributed by atoms with Gasteiger partial charge in [0.05, 0.1) is 57.6 Å². The van der Waals surface area contributed by atoms with Gasteiger partial charge in [0.15, 0.2) is 12.2 Å². The van der Waals surface area contributed by atoms with Gasteiger partial charge in [0.1, 0.15) is 25.1 Å². The molecule has 0 bridgehead atoms. The molecule has 20 nitrogen and oxygen atoms in total. The van der Waals surface area contributed by atoms with E-state index in [0.717, 1.165) is 28.4 Å². The maximum Gasteiger partial charge on any atom is 0.347 e. The van der Waals surface area contributed by atoms with Crippen molar-refractivity contribution in [1.29, 1.82) is 0 Å². The second-order valence-corrected chi connectivity index (χ2v) is 16.2. The number of anilines is 2. The first-order valence-corrected chi connectivity index (χ1v) is 21.5. The molecule has 0 aliphatic carbocycles. The van der Waals surface area contributed by atoms with Gasteiger partial charge in [0, 0.05) is 49.2 Å². The topological polar surface area (TPSA) is 235 Å². The summed E-state index contributed by atoms with van der Waals surface area (Å²) in [5.41, 5.74) is 2.83. The number of aromatic amines is 1. The van der Waals surface area contributed by atoms with E-state index < -0.39 is 48.2 Å². The van der Waals surface area contributed by atoms with Gasteiger partial charge < -0.3 is 53.6 Å². The van der Waals surface area contributed by atoms with Crippen molar-refractivity contribution in [2.75, 3.05) is 69.9 Å². The van der Waals surface area contributed by atoms with Crippen LogP contribution in [-0.4, -0.2) is 137 Å². The predicted molar refractivity (Wildman–Crippen MR) is 234 cm³/mol. The van der Waals surface area contributed by atoms with E-state index in [1.807, 2.05) is 43.9 Å². The van der Waals surface area contributed by atoms with Gasteiger partial charge in [-0.3, -0.25) is 14.7 Å². The average Bonchev–Trinajstić information content (AvgIpc) is 4.00. The Balaban J connectivity index is 1.05. The Kier molecular flexibility index (Phi) is 18.2. The molecule has 3 N–H and O–H groups in total. The molecule has 2 aromatic heterocycles. The molecule has 64 heavy (non-hydrogen) atoms. The summed E-state index contributed by atoms with van der Waals surface area (Å²) >= 11 is 1.01. The summed E-state index contributed by atoms with van der Waals surface area (Å²) < 4.78 is 46.8. The Morgan fingerprint density at radius 3 is 2.33 bits per heavy atom. The zero-order chi connectivity index (χ0) is 46.1. The highest BCUT2D eigenvalue weighted by Crippen LogP contribution is 2.27. The number of benzene rings is 2. The molecular formula is C43H56N8O12S. The second-order valence-electron chi connectivity index (χ2n) is 15.7.